The summed E-state index contributed by atoms with van der Waals surface area (Å²) in [5, 5.41) is 2.76. The molecule has 0 radical (unpaired) electrons. The van der Waals surface area contributed by atoms with Crippen molar-refractivity contribution in [3.05, 3.63) is 96.2 Å². The van der Waals surface area contributed by atoms with Crippen LogP contribution in [0.5, 0.6) is 11.5 Å². The van der Waals surface area contributed by atoms with Gasteiger partial charge in [0.15, 0.2) is 11.6 Å². The second kappa shape index (κ2) is 9.09. The number of benzene rings is 2. The molecule has 0 aliphatic rings. The van der Waals surface area contributed by atoms with Crippen LogP contribution in [0.1, 0.15) is 16.1 Å². The maximum atomic E-state index is 13.6. The van der Waals surface area contributed by atoms with E-state index in [2.05, 4.69) is 10.3 Å². The number of rotatable bonds is 8. The number of nitrogens with one attached hydrogen (secondary N) is 1. The third-order valence-corrected chi connectivity index (χ3v) is 4.40. The molecule has 0 unspecified atom stereocenters. The molecule has 1 N–H and O–H groups in total. The summed E-state index contributed by atoms with van der Waals surface area (Å²) in [5.74, 6) is -0.114. The molecule has 4 rings (SSSR count). The summed E-state index contributed by atoms with van der Waals surface area (Å²) in [4.78, 5) is 17.0. The predicted molar refractivity (Wildman–Crippen MR) is 110 cm³/mol. The van der Waals surface area contributed by atoms with Crippen molar-refractivity contribution < 1.29 is 18.7 Å². The molecule has 0 saturated heterocycles. The Labute approximate surface area is 172 Å². The number of pyridine rings is 1. The minimum atomic E-state index is -0.436. The van der Waals surface area contributed by atoms with E-state index in [1.54, 1.807) is 42.5 Å². The van der Waals surface area contributed by atoms with Crippen LogP contribution in [0.4, 0.5) is 4.39 Å². The topological polar surface area (TPSA) is 64.9 Å². The normalized spacial score (nSPS) is 10.7. The Morgan fingerprint density at radius 1 is 0.967 bits per heavy atom. The van der Waals surface area contributed by atoms with Gasteiger partial charge in [0, 0.05) is 12.4 Å². The summed E-state index contributed by atoms with van der Waals surface area (Å²) in [7, 11) is 0. The SMILES string of the molecule is O=C(NCCOc1ccccc1F)c1ccccc1OCc1cn2ccccc2n1. The number of para-hydroxylation sites is 2. The minimum Gasteiger partial charge on any atom is -0.489 e. The van der Waals surface area contributed by atoms with E-state index in [0.29, 0.717) is 11.3 Å². The number of halogens is 1. The van der Waals surface area contributed by atoms with Gasteiger partial charge in [0.2, 0.25) is 0 Å². The molecule has 152 valence electrons. The molecular weight excluding hydrogens is 385 g/mol. The third kappa shape index (κ3) is 4.57. The second-order valence-electron chi connectivity index (χ2n) is 6.52. The molecule has 2 heterocycles. The predicted octanol–water partition coefficient (Wildman–Crippen LogP) is 3.86. The first kappa shape index (κ1) is 19.4. The van der Waals surface area contributed by atoms with Crippen LogP contribution in [0.25, 0.3) is 5.65 Å². The fraction of sp³-hybridized carbons (Fsp3) is 0.130. The van der Waals surface area contributed by atoms with Crippen molar-refractivity contribution in [2.45, 2.75) is 6.61 Å². The first-order chi connectivity index (χ1) is 14.7. The van der Waals surface area contributed by atoms with E-state index in [4.69, 9.17) is 9.47 Å². The highest BCUT2D eigenvalue weighted by atomic mass is 19.1. The van der Waals surface area contributed by atoms with Gasteiger partial charge in [-0.2, -0.15) is 0 Å². The van der Waals surface area contributed by atoms with Crippen molar-refractivity contribution >= 4 is 11.6 Å². The van der Waals surface area contributed by atoms with Crippen LogP contribution in [0.15, 0.2) is 79.1 Å². The van der Waals surface area contributed by atoms with Gasteiger partial charge in [0.25, 0.3) is 5.91 Å². The van der Waals surface area contributed by atoms with Crippen molar-refractivity contribution in [2.24, 2.45) is 0 Å². The number of aromatic nitrogens is 2. The van der Waals surface area contributed by atoms with Gasteiger partial charge in [-0.25, -0.2) is 9.37 Å². The van der Waals surface area contributed by atoms with E-state index < -0.39 is 5.82 Å². The highest BCUT2D eigenvalue weighted by Gasteiger charge is 2.13. The average molecular weight is 405 g/mol. The van der Waals surface area contributed by atoms with Crippen LogP contribution < -0.4 is 14.8 Å². The van der Waals surface area contributed by atoms with Crippen molar-refractivity contribution in [3.63, 3.8) is 0 Å². The number of nitrogens with zero attached hydrogens (tertiary/aromatic N) is 2. The van der Waals surface area contributed by atoms with Gasteiger partial charge in [-0.15, -0.1) is 0 Å². The number of carbonyl (C=O) groups is 1. The fourth-order valence-corrected chi connectivity index (χ4v) is 2.97. The summed E-state index contributed by atoms with van der Waals surface area (Å²) < 4.78 is 26.7. The summed E-state index contributed by atoms with van der Waals surface area (Å²) in [6.45, 7) is 0.618. The van der Waals surface area contributed by atoms with Gasteiger partial charge in [0.05, 0.1) is 17.8 Å². The first-order valence-corrected chi connectivity index (χ1v) is 9.51. The Morgan fingerprint density at radius 2 is 1.73 bits per heavy atom. The molecule has 2 aromatic heterocycles. The van der Waals surface area contributed by atoms with E-state index in [-0.39, 0.29) is 31.4 Å². The van der Waals surface area contributed by atoms with Crippen molar-refractivity contribution in [2.75, 3.05) is 13.2 Å². The molecule has 0 bridgehead atoms. The zero-order chi connectivity index (χ0) is 20.8. The highest BCUT2D eigenvalue weighted by molar-refractivity contribution is 5.96. The number of fused-ring (bicyclic) bond motifs is 1. The molecule has 30 heavy (non-hydrogen) atoms. The van der Waals surface area contributed by atoms with Gasteiger partial charge < -0.3 is 19.2 Å². The van der Waals surface area contributed by atoms with Crippen LogP contribution in [0.2, 0.25) is 0 Å². The van der Waals surface area contributed by atoms with E-state index in [1.165, 1.54) is 6.07 Å². The maximum Gasteiger partial charge on any atom is 0.255 e. The summed E-state index contributed by atoms with van der Waals surface area (Å²) in [5.41, 5.74) is 2.00. The molecule has 1 amide bonds. The monoisotopic (exact) mass is 405 g/mol. The van der Waals surface area contributed by atoms with Crippen LogP contribution in [0.3, 0.4) is 0 Å². The summed E-state index contributed by atoms with van der Waals surface area (Å²) in [6, 6.07) is 18.9. The van der Waals surface area contributed by atoms with E-state index in [9.17, 15) is 9.18 Å². The van der Waals surface area contributed by atoms with Gasteiger partial charge >= 0.3 is 0 Å². The highest BCUT2D eigenvalue weighted by Crippen LogP contribution is 2.19. The Hall–Kier alpha value is -3.87. The Balaban J connectivity index is 1.33. The minimum absolute atomic E-state index is 0.150. The summed E-state index contributed by atoms with van der Waals surface area (Å²) >= 11 is 0. The van der Waals surface area contributed by atoms with Crippen LogP contribution in [0, 0.1) is 5.82 Å². The van der Waals surface area contributed by atoms with Gasteiger partial charge in [-0.3, -0.25) is 4.79 Å². The first-order valence-electron chi connectivity index (χ1n) is 9.51. The smallest absolute Gasteiger partial charge is 0.255 e. The van der Waals surface area contributed by atoms with Gasteiger partial charge in [0.1, 0.15) is 24.6 Å². The molecule has 6 nitrogen and oxygen atoms in total. The Kier molecular flexibility index (Phi) is 5.89. The molecule has 7 heteroatoms. The molecular formula is C23H20FN3O3. The van der Waals surface area contributed by atoms with Gasteiger partial charge in [-0.05, 0) is 36.4 Å². The quantitative estimate of drug-likeness (QED) is 0.452. The van der Waals surface area contributed by atoms with E-state index in [1.807, 2.05) is 35.0 Å². The molecule has 2 aromatic carbocycles. The largest absolute Gasteiger partial charge is 0.489 e. The molecule has 0 atom stereocenters. The van der Waals surface area contributed by atoms with E-state index >= 15 is 0 Å². The molecule has 0 fully saturated rings. The van der Waals surface area contributed by atoms with Crippen molar-refractivity contribution in [3.8, 4) is 11.5 Å². The average Bonchev–Trinajstić information content (AvgIpc) is 3.19. The summed E-state index contributed by atoms with van der Waals surface area (Å²) in [6.07, 6.45) is 3.80. The zero-order valence-electron chi connectivity index (χ0n) is 16.1. The standard InChI is InChI=1S/C23H20FN3O3/c24-19-8-2-4-10-21(19)29-14-12-25-23(28)18-7-1-3-9-20(18)30-16-17-15-27-13-6-5-11-22(27)26-17/h1-11,13,15H,12,14,16H2,(H,25,28). The van der Waals surface area contributed by atoms with Crippen molar-refractivity contribution in [1.29, 1.82) is 0 Å². The lowest BCUT2D eigenvalue weighted by atomic mass is 10.2. The Bertz CT molecular complexity index is 1130. The third-order valence-electron chi connectivity index (χ3n) is 4.40. The lowest BCUT2D eigenvalue weighted by Crippen LogP contribution is -2.28. The number of amides is 1. The molecule has 0 aliphatic heterocycles. The molecule has 0 saturated carbocycles. The van der Waals surface area contributed by atoms with E-state index in [0.717, 1.165) is 11.3 Å². The lowest BCUT2D eigenvalue weighted by molar-refractivity contribution is 0.0942. The Morgan fingerprint density at radius 3 is 2.57 bits per heavy atom. The number of hydrogen-bond donors (Lipinski definition) is 1. The molecule has 0 spiro atoms. The number of imidazole rings is 1. The molecule has 4 aromatic rings. The van der Waals surface area contributed by atoms with Crippen LogP contribution in [-0.2, 0) is 6.61 Å². The number of carbonyl (C=O) groups excluding carboxylic acids is 1. The van der Waals surface area contributed by atoms with Gasteiger partial charge in [-0.1, -0.05) is 30.3 Å². The molecule has 0 aliphatic carbocycles. The zero-order valence-corrected chi connectivity index (χ0v) is 16.1. The lowest BCUT2D eigenvalue weighted by Gasteiger charge is -2.11. The maximum absolute atomic E-state index is 13.6. The van der Waals surface area contributed by atoms with Crippen molar-refractivity contribution in [1.82, 2.24) is 14.7 Å². The number of hydrogen-bond acceptors (Lipinski definition) is 4. The second-order valence-corrected chi connectivity index (χ2v) is 6.52. The fourth-order valence-electron chi connectivity index (χ4n) is 2.97. The number of ether oxygens (including phenoxy) is 2. The van der Waals surface area contributed by atoms with Crippen LogP contribution in [-0.4, -0.2) is 28.4 Å². The van der Waals surface area contributed by atoms with Crippen LogP contribution >= 0.6 is 0 Å².